The number of hydrogen-bond acceptors (Lipinski definition) is 4. The van der Waals surface area contributed by atoms with Crippen molar-refractivity contribution in [3.63, 3.8) is 0 Å². The first-order valence-corrected chi connectivity index (χ1v) is 5.68. The summed E-state index contributed by atoms with van der Waals surface area (Å²) in [5.74, 6) is -1.58. The monoisotopic (exact) mass is 265 g/mol. The molecule has 7 heteroatoms. The third kappa shape index (κ3) is 5.53. The molecule has 0 aliphatic rings. The van der Waals surface area contributed by atoms with Gasteiger partial charge in [0, 0.05) is 24.8 Å². The maximum absolute atomic E-state index is 11.5. The summed E-state index contributed by atoms with van der Waals surface area (Å²) in [6.45, 7) is 0.713. The van der Waals surface area contributed by atoms with Crippen molar-refractivity contribution in [3.05, 3.63) is 24.3 Å². The quantitative estimate of drug-likeness (QED) is 0.318. The van der Waals surface area contributed by atoms with Crippen molar-refractivity contribution >= 4 is 23.9 Å². The summed E-state index contributed by atoms with van der Waals surface area (Å²) in [5, 5.41) is 16.4. The second-order valence-corrected chi connectivity index (χ2v) is 3.69. The van der Waals surface area contributed by atoms with Gasteiger partial charge in [0.25, 0.3) is 0 Å². The van der Waals surface area contributed by atoms with Gasteiger partial charge >= 0.3 is 11.8 Å². The minimum absolute atomic E-state index is 0.00172. The summed E-state index contributed by atoms with van der Waals surface area (Å²) in [4.78, 5) is 32.8. The van der Waals surface area contributed by atoms with Gasteiger partial charge in [-0.25, -0.2) is 0 Å². The third-order valence-electron chi connectivity index (χ3n) is 2.18. The highest BCUT2D eigenvalue weighted by atomic mass is 16.3. The second kappa shape index (κ2) is 7.70. The van der Waals surface area contributed by atoms with Crippen molar-refractivity contribution in [2.24, 2.45) is 0 Å². The van der Waals surface area contributed by atoms with E-state index in [2.05, 4.69) is 16.0 Å². The minimum Gasteiger partial charge on any atom is -0.508 e. The molecule has 0 aliphatic carbocycles. The smallest absolute Gasteiger partial charge is 0.313 e. The molecule has 1 rings (SSSR count). The van der Waals surface area contributed by atoms with Crippen molar-refractivity contribution in [1.82, 2.24) is 10.6 Å². The summed E-state index contributed by atoms with van der Waals surface area (Å²) >= 11 is 0. The Kier molecular flexibility index (Phi) is 5.87. The van der Waals surface area contributed by atoms with Gasteiger partial charge in [0.1, 0.15) is 5.75 Å². The number of carbonyl (C=O) groups is 3. The first kappa shape index (κ1) is 14.5. The highest BCUT2D eigenvalue weighted by molar-refractivity contribution is 6.39. The van der Waals surface area contributed by atoms with Crippen molar-refractivity contribution in [3.8, 4) is 5.75 Å². The van der Waals surface area contributed by atoms with Crippen LogP contribution in [0.3, 0.4) is 0 Å². The maximum Gasteiger partial charge on any atom is 0.313 e. The number of phenolic OH excluding ortho intramolecular Hbond substituents is 1. The largest absolute Gasteiger partial charge is 0.508 e. The van der Waals surface area contributed by atoms with Gasteiger partial charge in [-0.05, 0) is 18.6 Å². The van der Waals surface area contributed by atoms with Gasteiger partial charge < -0.3 is 21.1 Å². The Balaban J connectivity index is 2.32. The second-order valence-electron chi connectivity index (χ2n) is 3.69. The van der Waals surface area contributed by atoms with Crippen LogP contribution in [-0.2, 0) is 14.4 Å². The van der Waals surface area contributed by atoms with Crippen LogP contribution in [0, 0.1) is 0 Å². The number of carbonyl (C=O) groups excluding carboxylic acids is 3. The van der Waals surface area contributed by atoms with Gasteiger partial charge in [0.05, 0.1) is 0 Å². The number of benzene rings is 1. The van der Waals surface area contributed by atoms with Crippen LogP contribution < -0.4 is 16.0 Å². The number of aromatic hydroxyl groups is 1. The van der Waals surface area contributed by atoms with Crippen LogP contribution in [0.2, 0.25) is 0 Å². The Morgan fingerprint density at radius 1 is 1.21 bits per heavy atom. The number of nitrogens with one attached hydrogen (secondary N) is 3. The number of hydrogen-bond donors (Lipinski definition) is 4. The molecular weight excluding hydrogens is 250 g/mol. The fourth-order valence-corrected chi connectivity index (χ4v) is 1.30. The van der Waals surface area contributed by atoms with E-state index in [-0.39, 0.29) is 12.3 Å². The summed E-state index contributed by atoms with van der Waals surface area (Å²) in [7, 11) is 0. The molecule has 102 valence electrons. The SMILES string of the molecule is O=CNCCCNC(=O)C(=O)Nc1cccc(O)c1. The topological polar surface area (TPSA) is 108 Å². The molecule has 0 saturated heterocycles. The van der Waals surface area contributed by atoms with Crippen LogP contribution in [0.5, 0.6) is 5.75 Å². The van der Waals surface area contributed by atoms with Crippen molar-refractivity contribution in [2.75, 3.05) is 18.4 Å². The molecule has 0 unspecified atom stereocenters. The van der Waals surface area contributed by atoms with E-state index in [9.17, 15) is 19.5 Å². The molecule has 0 bridgehead atoms. The number of rotatable bonds is 6. The lowest BCUT2D eigenvalue weighted by molar-refractivity contribution is -0.136. The Bertz CT molecular complexity index is 462. The van der Waals surface area contributed by atoms with Gasteiger partial charge in [-0.3, -0.25) is 14.4 Å². The van der Waals surface area contributed by atoms with Crippen molar-refractivity contribution < 1.29 is 19.5 Å². The lowest BCUT2D eigenvalue weighted by Crippen LogP contribution is -2.36. The van der Waals surface area contributed by atoms with Crippen LogP contribution in [0.15, 0.2) is 24.3 Å². The molecule has 1 aromatic carbocycles. The highest BCUT2D eigenvalue weighted by Gasteiger charge is 2.12. The van der Waals surface area contributed by atoms with E-state index in [1.165, 1.54) is 12.1 Å². The lowest BCUT2D eigenvalue weighted by Gasteiger charge is -2.06. The molecule has 0 saturated carbocycles. The average Bonchev–Trinajstić information content (AvgIpc) is 2.38. The van der Waals surface area contributed by atoms with Crippen LogP contribution in [0.25, 0.3) is 0 Å². The summed E-state index contributed by atoms with van der Waals surface area (Å²) < 4.78 is 0. The molecule has 4 N–H and O–H groups in total. The predicted octanol–water partition coefficient (Wildman–Crippen LogP) is -0.417. The standard InChI is InChI=1S/C12H15N3O4/c16-8-13-5-2-6-14-11(18)12(19)15-9-3-1-4-10(17)7-9/h1,3-4,7-8,17H,2,5-6H2,(H,13,16)(H,14,18)(H,15,19). The number of amides is 3. The zero-order valence-electron chi connectivity index (χ0n) is 10.2. The molecule has 0 radical (unpaired) electrons. The van der Waals surface area contributed by atoms with Gasteiger partial charge in [-0.2, -0.15) is 0 Å². The molecular formula is C12H15N3O4. The van der Waals surface area contributed by atoms with Gasteiger partial charge in [-0.15, -0.1) is 0 Å². The highest BCUT2D eigenvalue weighted by Crippen LogP contribution is 2.14. The Morgan fingerprint density at radius 2 is 2.00 bits per heavy atom. The van der Waals surface area contributed by atoms with Gasteiger partial charge in [-0.1, -0.05) is 6.07 Å². The molecule has 7 nitrogen and oxygen atoms in total. The molecule has 0 aliphatic heterocycles. The first-order valence-electron chi connectivity index (χ1n) is 5.68. The summed E-state index contributed by atoms with van der Waals surface area (Å²) in [5.41, 5.74) is 0.336. The molecule has 0 spiro atoms. The van der Waals surface area contributed by atoms with E-state index in [1.54, 1.807) is 12.1 Å². The van der Waals surface area contributed by atoms with Gasteiger partial charge in [0.15, 0.2) is 0 Å². The van der Waals surface area contributed by atoms with E-state index in [4.69, 9.17) is 0 Å². The minimum atomic E-state index is -0.811. The Hall–Kier alpha value is -2.57. The van der Waals surface area contributed by atoms with Crippen molar-refractivity contribution in [2.45, 2.75) is 6.42 Å². The summed E-state index contributed by atoms with van der Waals surface area (Å²) in [6, 6.07) is 5.89. The number of phenols is 1. The average molecular weight is 265 g/mol. The molecule has 1 aromatic rings. The fraction of sp³-hybridized carbons (Fsp3) is 0.250. The molecule has 0 aromatic heterocycles. The fourth-order valence-electron chi connectivity index (χ4n) is 1.30. The first-order chi connectivity index (χ1) is 9.13. The summed E-state index contributed by atoms with van der Waals surface area (Å²) in [6.07, 6.45) is 1.10. The van der Waals surface area contributed by atoms with Crippen LogP contribution in [0.1, 0.15) is 6.42 Å². The van der Waals surface area contributed by atoms with E-state index in [0.717, 1.165) is 0 Å². The van der Waals surface area contributed by atoms with E-state index < -0.39 is 11.8 Å². The molecule has 0 fully saturated rings. The molecule has 0 atom stereocenters. The normalized spacial score (nSPS) is 9.47. The lowest BCUT2D eigenvalue weighted by atomic mass is 10.3. The van der Waals surface area contributed by atoms with Crippen molar-refractivity contribution in [1.29, 1.82) is 0 Å². The van der Waals surface area contributed by atoms with E-state index >= 15 is 0 Å². The number of anilines is 1. The maximum atomic E-state index is 11.5. The molecule has 19 heavy (non-hydrogen) atoms. The molecule has 3 amide bonds. The van der Waals surface area contributed by atoms with Crippen LogP contribution in [0.4, 0.5) is 5.69 Å². The Labute approximate surface area is 110 Å². The predicted molar refractivity (Wildman–Crippen MR) is 68.4 cm³/mol. The zero-order chi connectivity index (χ0) is 14.1. The Morgan fingerprint density at radius 3 is 2.68 bits per heavy atom. The molecule has 0 heterocycles. The van der Waals surface area contributed by atoms with E-state index in [1.807, 2.05) is 0 Å². The van der Waals surface area contributed by atoms with E-state index in [0.29, 0.717) is 25.1 Å². The third-order valence-corrected chi connectivity index (χ3v) is 2.18. The van der Waals surface area contributed by atoms with Crippen LogP contribution in [-0.4, -0.2) is 36.4 Å². The van der Waals surface area contributed by atoms with Crippen LogP contribution >= 0.6 is 0 Å². The zero-order valence-corrected chi connectivity index (χ0v) is 10.2. The van der Waals surface area contributed by atoms with Gasteiger partial charge in [0.2, 0.25) is 6.41 Å².